The standard InChI is InChI=1S/C25H21BrN2O3/c1-16-10-15-23(28(31-16)18-13-11-17(26)12-14-18)27-25(29)30-24-21-8-4-2-6-19(21)20-7-3-5-9-22(20)24/h2-16,23-24H,1H3,(H,27,29). The Hall–Kier alpha value is -3.09. The molecule has 0 saturated carbocycles. The van der Waals surface area contributed by atoms with Crippen molar-refractivity contribution in [1.82, 2.24) is 5.32 Å². The number of nitrogens with one attached hydrogen (secondary N) is 1. The molecular weight excluding hydrogens is 456 g/mol. The van der Waals surface area contributed by atoms with Gasteiger partial charge in [-0.05, 0) is 48.4 Å². The first-order valence-electron chi connectivity index (χ1n) is 10.2. The van der Waals surface area contributed by atoms with Gasteiger partial charge in [-0.25, -0.2) is 9.86 Å². The highest BCUT2D eigenvalue weighted by Crippen LogP contribution is 2.45. The fourth-order valence-electron chi connectivity index (χ4n) is 4.03. The van der Waals surface area contributed by atoms with Gasteiger partial charge >= 0.3 is 6.09 Å². The molecule has 2 aliphatic rings. The number of carbonyl (C=O) groups is 1. The molecule has 0 radical (unpaired) electrons. The SMILES string of the molecule is CC1C=CC(NC(=O)OC2c3ccccc3-c3ccccc32)N(c2ccc(Br)cc2)O1. The molecule has 2 atom stereocenters. The molecule has 31 heavy (non-hydrogen) atoms. The van der Waals surface area contributed by atoms with Crippen molar-refractivity contribution in [1.29, 1.82) is 0 Å². The largest absolute Gasteiger partial charge is 0.436 e. The smallest absolute Gasteiger partial charge is 0.410 e. The zero-order valence-electron chi connectivity index (χ0n) is 16.9. The summed E-state index contributed by atoms with van der Waals surface area (Å²) < 4.78 is 6.90. The van der Waals surface area contributed by atoms with E-state index in [4.69, 9.17) is 9.57 Å². The van der Waals surface area contributed by atoms with Crippen molar-refractivity contribution < 1.29 is 14.4 Å². The Morgan fingerprint density at radius 1 is 0.935 bits per heavy atom. The molecule has 6 heteroatoms. The predicted octanol–water partition coefficient (Wildman–Crippen LogP) is 5.97. The van der Waals surface area contributed by atoms with Gasteiger partial charge < -0.3 is 4.74 Å². The molecule has 5 rings (SSSR count). The maximum atomic E-state index is 12.9. The molecule has 0 saturated heterocycles. The monoisotopic (exact) mass is 476 g/mol. The summed E-state index contributed by atoms with van der Waals surface area (Å²) in [6.45, 7) is 1.95. The molecule has 5 nitrogen and oxygen atoms in total. The maximum Gasteiger partial charge on any atom is 0.410 e. The van der Waals surface area contributed by atoms with Crippen LogP contribution in [0.2, 0.25) is 0 Å². The zero-order valence-corrected chi connectivity index (χ0v) is 18.5. The first kappa shape index (κ1) is 19.8. The second kappa shape index (κ2) is 8.21. The minimum atomic E-state index is -0.508. The van der Waals surface area contributed by atoms with Crippen LogP contribution in [-0.4, -0.2) is 18.4 Å². The molecule has 1 amide bonds. The second-order valence-electron chi connectivity index (χ2n) is 7.55. The lowest BCUT2D eigenvalue weighted by Crippen LogP contribution is -2.50. The van der Waals surface area contributed by atoms with Gasteiger partial charge in [-0.3, -0.25) is 10.2 Å². The number of nitrogens with zero attached hydrogens (tertiary/aromatic N) is 1. The number of hydroxylamine groups is 1. The molecule has 0 aromatic heterocycles. The van der Waals surface area contributed by atoms with Crippen LogP contribution in [0.15, 0.2) is 89.4 Å². The van der Waals surface area contributed by atoms with E-state index in [-0.39, 0.29) is 6.10 Å². The van der Waals surface area contributed by atoms with Crippen molar-refractivity contribution in [2.75, 3.05) is 5.06 Å². The summed E-state index contributed by atoms with van der Waals surface area (Å²) in [5, 5.41) is 4.62. The number of anilines is 1. The molecule has 156 valence electrons. The number of hydrogen-bond acceptors (Lipinski definition) is 4. The summed E-state index contributed by atoms with van der Waals surface area (Å²) in [6.07, 6.45) is 2.28. The van der Waals surface area contributed by atoms with Crippen LogP contribution in [0.3, 0.4) is 0 Å². The highest BCUT2D eigenvalue weighted by molar-refractivity contribution is 9.10. The van der Waals surface area contributed by atoms with Crippen LogP contribution < -0.4 is 10.4 Å². The zero-order chi connectivity index (χ0) is 21.4. The molecule has 3 aromatic carbocycles. The Morgan fingerprint density at radius 3 is 2.19 bits per heavy atom. The van der Waals surface area contributed by atoms with Crippen molar-refractivity contribution in [3.63, 3.8) is 0 Å². The molecule has 1 N–H and O–H groups in total. The number of hydrogen-bond donors (Lipinski definition) is 1. The summed E-state index contributed by atoms with van der Waals surface area (Å²) in [5.74, 6) is 0. The lowest BCUT2D eigenvalue weighted by molar-refractivity contribution is 0.0415. The van der Waals surface area contributed by atoms with Crippen molar-refractivity contribution in [2.45, 2.75) is 25.3 Å². The first-order valence-corrected chi connectivity index (χ1v) is 10.9. The van der Waals surface area contributed by atoms with E-state index in [0.29, 0.717) is 0 Å². The van der Waals surface area contributed by atoms with Gasteiger partial charge in [0, 0.05) is 15.6 Å². The maximum absolute atomic E-state index is 12.9. The molecule has 0 fully saturated rings. The Labute approximate surface area is 189 Å². The predicted molar refractivity (Wildman–Crippen MR) is 123 cm³/mol. The third kappa shape index (κ3) is 3.84. The third-order valence-corrected chi connectivity index (χ3v) is 5.97. The average Bonchev–Trinajstić information content (AvgIpc) is 3.09. The number of rotatable bonds is 3. The lowest BCUT2D eigenvalue weighted by atomic mass is 10.1. The highest BCUT2D eigenvalue weighted by Gasteiger charge is 2.32. The minimum absolute atomic E-state index is 0.105. The van der Waals surface area contributed by atoms with E-state index in [0.717, 1.165) is 32.4 Å². The quantitative estimate of drug-likeness (QED) is 0.473. The van der Waals surface area contributed by atoms with E-state index in [2.05, 4.69) is 33.4 Å². The number of fused-ring (bicyclic) bond motifs is 3. The Bertz CT molecular complexity index is 1100. The van der Waals surface area contributed by atoms with Gasteiger partial charge in [0.2, 0.25) is 0 Å². The molecule has 0 bridgehead atoms. The number of alkyl carbamates (subject to hydrolysis) is 1. The van der Waals surface area contributed by atoms with Crippen LogP contribution >= 0.6 is 15.9 Å². The van der Waals surface area contributed by atoms with E-state index in [9.17, 15) is 4.79 Å². The summed E-state index contributed by atoms with van der Waals surface area (Å²) in [7, 11) is 0. The molecule has 1 heterocycles. The van der Waals surface area contributed by atoms with Crippen molar-refractivity contribution in [3.05, 3.63) is 101 Å². The van der Waals surface area contributed by atoms with Gasteiger partial charge in [-0.15, -0.1) is 0 Å². The topological polar surface area (TPSA) is 50.8 Å². The molecular formula is C25H21BrN2O3. The van der Waals surface area contributed by atoms with Crippen LogP contribution in [0.4, 0.5) is 10.5 Å². The number of amides is 1. The normalized spacial score (nSPS) is 19.6. The Morgan fingerprint density at radius 2 is 1.55 bits per heavy atom. The van der Waals surface area contributed by atoms with E-state index in [1.54, 1.807) is 5.06 Å². The summed E-state index contributed by atoms with van der Waals surface area (Å²) in [5.41, 5.74) is 5.02. The third-order valence-electron chi connectivity index (χ3n) is 5.45. The molecule has 1 aliphatic heterocycles. The van der Waals surface area contributed by atoms with Crippen LogP contribution in [0, 0.1) is 0 Å². The number of ether oxygens (including phenoxy) is 1. The van der Waals surface area contributed by atoms with Gasteiger partial charge in [0.25, 0.3) is 0 Å². The van der Waals surface area contributed by atoms with E-state index >= 15 is 0 Å². The fraction of sp³-hybridized carbons (Fsp3) is 0.160. The van der Waals surface area contributed by atoms with E-state index in [1.807, 2.05) is 79.7 Å². The van der Waals surface area contributed by atoms with E-state index < -0.39 is 18.4 Å². The van der Waals surface area contributed by atoms with Crippen LogP contribution in [-0.2, 0) is 9.57 Å². The first-order chi connectivity index (χ1) is 15.1. The summed E-state index contributed by atoms with van der Waals surface area (Å²) in [4.78, 5) is 18.9. The molecule has 0 spiro atoms. The van der Waals surface area contributed by atoms with Crippen LogP contribution in [0.1, 0.15) is 24.2 Å². The minimum Gasteiger partial charge on any atom is -0.436 e. The Kier molecular flexibility index (Phi) is 5.26. The van der Waals surface area contributed by atoms with Crippen molar-refractivity contribution in [3.8, 4) is 11.1 Å². The summed E-state index contributed by atoms with van der Waals surface area (Å²) >= 11 is 3.45. The van der Waals surface area contributed by atoms with Crippen molar-refractivity contribution >= 4 is 27.7 Å². The van der Waals surface area contributed by atoms with Gasteiger partial charge in [0.1, 0.15) is 12.3 Å². The number of benzene rings is 3. The number of halogens is 1. The van der Waals surface area contributed by atoms with Gasteiger partial charge in [-0.1, -0.05) is 70.5 Å². The number of carbonyl (C=O) groups excluding carboxylic acids is 1. The average molecular weight is 477 g/mol. The van der Waals surface area contributed by atoms with E-state index in [1.165, 1.54) is 0 Å². The van der Waals surface area contributed by atoms with Gasteiger partial charge in [0.05, 0.1) is 5.69 Å². The van der Waals surface area contributed by atoms with Crippen LogP contribution in [0.5, 0.6) is 0 Å². The molecule has 2 unspecified atom stereocenters. The fourth-order valence-corrected chi connectivity index (χ4v) is 4.30. The Balaban J connectivity index is 1.37. The highest BCUT2D eigenvalue weighted by atomic mass is 79.9. The molecule has 1 aliphatic carbocycles. The second-order valence-corrected chi connectivity index (χ2v) is 8.46. The lowest BCUT2D eigenvalue weighted by Gasteiger charge is -2.35. The van der Waals surface area contributed by atoms with Crippen molar-refractivity contribution in [2.24, 2.45) is 0 Å². The van der Waals surface area contributed by atoms with Crippen LogP contribution in [0.25, 0.3) is 11.1 Å². The van der Waals surface area contributed by atoms with Gasteiger partial charge in [0.15, 0.2) is 6.10 Å². The summed E-state index contributed by atoms with van der Waals surface area (Å²) in [6, 6.07) is 23.8. The van der Waals surface area contributed by atoms with Gasteiger partial charge in [-0.2, -0.15) is 0 Å². The molecule has 3 aromatic rings.